The Kier molecular flexibility index (Phi) is 8.70. The fraction of sp³-hybridized carbons (Fsp3) is 0.276. The van der Waals surface area contributed by atoms with Gasteiger partial charge in [-0.05, 0) is 42.3 Å². The van der Waals surface area contributed by atoms with Crippen LogP contribution in [0.25, 0.3) is 0 Å². The predicted molar refractivity (Wildman–Crippen MR) is 139 cm³/mol. The zero-order chi connectivity index (χ0) is 25.2. The minimum Gasteiger partial charge on any atom is -0.489 e. The third-order valence-corrected chi connectivity index (χ3v) is 5.75. The van der Waals surface area contributed by atoms with Gasteiger partial charge in [0.1, 0.15) is 37.5 Å². The summed E-state index contributed by atoms with van der Waals surface area (Å²) in [6.07, 6.45) is 2.19. The molecule has 36 heavy (non-hydrogen) atoms. The highest BCUT2D eigenvalue weighted by Gasteiger charge is 2.30. The number of carbonyl (C=O) groups is 1. The van der Waals surface area contributed by atoms with Gasteiger partial charge < -0.3 is 19.0 Å². The summed E-state index contributed by atoms with van der Waals surface area (Å²) >= 11 is 0. The molecule has 186 valence electrons. The molecule has 1 aliphatic rings. The van der Waals surface area contributed by atoms with Gasteiger partial charge in [0.05, 0.1) is 19.1 Å². The van der Waals surface area contributed by atoms with Gasteiger partial charge in [-0.25, -0.2) is 0 Å². The molecule has 0 fully saturated rings. The number of aliphatic imine (C=N–C) groups is 1. The molecule has 1 heterocycles. The van der Waals surface area contributed by atoms with Gasteiger partial charge in [-0.2, -0.15) is 0 Å². The molecule has 3 aromatic rings. The summed E-state index contributed by atoms with van der Waals surface area (Å²) in [4.78, 5) is 21.2. The van der Waals surface area contributed by atoms with Crippen LogP contribution in [0.5, 0.6) is 11.5 Å². The number of benzene rings is 3. The Bertz CT molecular complexity index is 1170. The zero-order valence-corrected chi connectivity index (χ0v) is 20.5. The molecule has 7 heteroatoms. The van der Waals surface area contributed by atoms with E-state index in [2.05, 4.69) is 10.1 Å². The van der Waals surface area contributed by atoms with Crippen molar-refractivity contribution in [1.82, 2.24) is 0 Å². The van der Waals surface area contributed by atoms with Crippen molar-refractivity contribution in [2.75, 3.05) is 20.3 Å². The maximum absolute atomic E-state index is 12.0. The average molecular weight is 487 g/mol. The Morgan fingerprint density at radius 2 is 1.61 bits per heavy atom. The summed E-state index contributed by atoms with van der Waals surface area (Å²) < 4.78 is 17.0. The first-order valence-electron chi connectivity index (χ1n) is 11.9. The van der Waals surface area contributed by atoms with Crippen molar-refractivity contribution in [1.29, 1.82) is 0 Å². The summed E-state index contributed by atoms with van der Waals surface area (Å²) in [5, 5.41) is 4.08. The van der Waals surface area contributed by atoms with Gasteiger partial charge in [-0.1, -0.05) is 59.8 Å². The zero-order valence-electron chi connectivity index (χ0n) is 20.5. The number of hydrogen-bond acceptors (Lipinski definition) is 7. The summed E-state index contributed by atoms with van der Waals surface area (Å²) in [5.74, 6) is 1.29. The van der Waals surface area contributed by atoms with E-state index in [1.165, 1.54) is 7.11 Å². The molecule has 0 N–H and O–H groups in total. The topological polar surface area (TPSA) is 78.7 Å². The van der Waals surface area contributed by atoms with Crippen LogP contribution in [0, 0.1) is 0 Å². The van der Waals surface area contributed by atoms with Crippen molar-refractivity contribution in [3.05, 3.63) is 95.6 Å². The van der Waals surface area contributed by atoms with Crippen molar-refractivity contribution < 1.29 is 23.8 Å². The van der Waals surface area contributed by atoms with Crippen LogP contribution in [0.1, 0.15) is 36.0 Å². The van der Waals surface area contributed by atoms with Gasteiger partial charge in [0, 0.05) is 17.7 Å². The fourth-order valence-corrected chi connectivity index (χ4v) is 3.81. The lowest BCUT2D eigenvalue weighted by Crippen LogP contribution is -2.15. The second kappa shape index (κ2) is 12.5. The first-order valence-corrected chi connectivity index (χ1v) is 11.9. The molecular weight excluding hydrogens is 456 g/mol. The maximum Gasteiger partial charge on any atom is 0.306 e. The van der Waals surface area contributed by atoms with Gasteiger partial charge in [0.2, 0.25) is 0 Å². The fourth-order valence-electron chi connectivity index (χ4n) is 3.81. The molecule has 0 aromatic heterocycles. The smallest absolute Gasteiger partial charge is 0.306 e. The van der Waals surface area contributed by atoms with Crippen LogP contribution in [0.3, 0.4) is 0 Å². The standard InChI is InChI=1S/C29H30N2O5/c1-3-34-29(32)17-26(27-18-30-27)22-11-15-25(16-12-22)35-19-21-9-13-24(14-10-21)36-20-28(31-33-2)23-7-5-4-6-8-23/h4-16,18,26-27H,3,17,19-20H2,1-2H3/b31-28+. The van der Waals surface area contributed by atoms with Crippen molar-refractivity contribution in [2.45, 2.75) is 31.9 Å². The highest BCUT2D eigenvalue weighted by atomic mass is 16.6. The highest BCUT2D eigenvalue weighted by Crippen LogP contribution is 2.31. The van der Waals surface area contributed by atoms with Crippen LogP contribution < -0.4 is 9.47 Å². The second-order valence-corrected chi connectivity index (χ2v) is 8.28. The number of hydrogen-bond donors (Lipinski definition) is 0. The number of nitrogens with zero attached hydrogens (tertiary/aromatic N) is 2. The minimum atomic E-state index is -0.201. The lowest BCUT2D eigenvalue weighted by molar-refractivity contribution is -0.143. The predicted octanol–water partition coefficient (Wildman–Crippen LogP) is 5.18. The van der Waals surface area contributed by atoms with Crippen LogP contribution in [0.2, 0.25) is 0 Å². The summed E-state index contributed by atoms with van der Waals surface area (Å²) in [6.45, 7) is 2.92. The van der Waals surface area contributed by atoms with Gasteiger partial charge in [-0.15, -0.1) is 0 Å². The van der Waals surface area contributed by atoms with E-state index in [0.29, 0.717) is 32.0 Å². The first kappa shape index (κ1) is 25.0. The Hall–Kier alpha value is -4.13. The van der Waals surface area contributed by atoms with Crippen molar-refractivity contribution >= 4 is 17.9 Å². The first-order chi connectivity index (χ1) is 17.7. The van der Waals surface area contributed by atoms with Gasteiger partial charge in [0.25, 0.3) is 0 Å². The highest BCUT2D eigenvalue weighted by molar-refractivity contribution is 6.01. The van der Waals surface area contributed by atoms with Crippen LogP contribution in [-0.2, 0) is 21.0 Å². The normalized spacial score (nSPS) is 15.2. The molecule has 0 radical (unpaired) electrons. The Morgan fingerprint density at radius 1 is 0.944 bits per heavy atom. The summed E-state index contributed by atoms with van der Waals surface area (Å²) in [5.41, 5.74) is 3.73. The third-order valence-electron chi connectivity index (χ3n) is 5.75. The monoisotopic (exact) mass is 486 g/mol. The van der Waals surface area contributed by atoms with E-state index in [0.717, 1.165) is 28.2 Å². The van der Waals surface area contributed by atoms with Crippen LogP contribution in [-0.4, -0.2) is 44.3 Å². The van der Waals surface area contributed by atoms with E-state index in [-0.39, 0.29) is 17.9 Å². The van der Waals surface area contributed by atoms with Crippen LogP contribution in [0.4, 0.5) is 0 Å². The maximum atomic E-state index is 12.0. The molecule has 2 unspecified atom stereocenters. The molecule has 0 amide bonds. The van der Waals surface area contributed by atoms with Crippen LogP contribution in [0.15, 0.2) is 89.0 Å². The lowest BCUT2D eigenvalue weighted by Gasteiger charge is -2.15. The minimum absolute atomic E-state index is 0.00184. The lowest BCUT2D eigenvalue weighted by atomic mass is 9.92. The molecule has 4 rings (SSSR count). The summed E-state index contributed by atoms with van der Waals surface area (Å²) in [7, 11) is 1.52. The molecule has 1 aliphatic heterocycles. The molecule has 3 aromatic carbocycles. The van der Waals surface area contributed by atoms with E-state index in [4.69, 9.17) is 19.0 Å². The van der Waals surface area contributed by atoms with Crippen LogP contribution >= 0.6 is 0 Å². The number of carbonyl (C=O) groups excluding carboxylic acids is 1. The number of rotatable bonds is 13. The van der Waals surface area contributed by atoms with E-state index in [9.17, 15) is 4.79 Å². The Labute approximate surface area is 211 Å². The molecular formula is C29H30N2O5. The van der Waals surface area contributed by atoms with Crippen molar-refractivity contribution in [3.63, 3.8) is 0 Å². The molecule has 0 bridgehead atoms. The van der Waals surface area contributed by atoms with E-state index >= 15 is 0 Å². The third kappa shape index (κ3) is 7.18. The molecule has 0 saturated carbocycles. The van der Waals surface area contributed by atoms with Crippen molar-refractivity contribution in [3.8, 4) is 11.5 Å². The largest absolute Gasteiger partial charge is 0.489 e. The molecule has 0 saturated heterocycles. The van der Waals surface area contributed by atoms with Gasteiger partial charge in [-0.3, -0.25) is 9.79 Å². The number of ether oxygens (including phenoxy) is 3. The Balaban J connectivity index is 1.28. The molecule has 7 nitrogen and oxygen atoms in total. The number of oxime groups is 1. The molecule has 0 spiro atoms. The number of esters is 1. The quantitative estimate of drug-likeness (QED) is 0.189. The average Bonchev–Trinajstić information content (AvgIpc) is 3.76. The SMILES string of the molecule is CCOC(=O)CC(c1ccc(OCc2ccc(OC/C(=N\OC)c3ccccc3)cc2)cc1)C1C=N1. The van der Waals surface area contributed by atoms with E-state index in [1.807, 2.05) is 92.0 Å². The second-order valence-electron chi connectivity index (χ2n) is 8.28. The molecule has 2 atom stereocenters. The summed E-state index contributed by atoms with van der Waals surface area (Å²) in [6, 6.07) is 25.5. The van der Waals surface area contributed by atoms with E-state index < -0.39 is 0 Å². The molecule has 0 aliphatic carbocycles. The van der Waals surface area contributed by atoms with Crippen molar-refractivity contribution in [2.24, 2.45) is 10.1 Å². The van der Waals surface area contributed by atoms with E-state index in [1.54, 1.807) is 0 Å². The Morgan fingerprint density at radius 3 is 2.25 bits per heavy atom. The van der Waals surface area contributed by atoms with Gasteiger partial charge >= 0.3 is 5.97 Å². The van der Waals surface area contributed by atoms with Gasteiger partial charge in [0.15, 0.2) is 0 Å².